The second kappa shape index (κ2) is 6.32. The predicted molar refractivity (Wildman–Crippen MR) is 115 cm³/mol. The van der Waals surface area contributed by atoms with Crippen molar-refractivity contribution in [2.75, 3.05) is 0 Å². The van der Waals surface area contributed by atoms with E-state index in [2.05, 4.69) is 19.2 Å². The summed E-state index contributed by atoms with van der Waals surface area (Å²) in [6, 6.07) is 12.8. The van der Waals surface area contributed by atoms with E-state index in [0.717, 1.165) is 28.9 Å². The summed E-state index contributed by atoms with van der Waals surface area (Å²) in [5.41, 5.74) is 5.09. The second-order valence-electron chi connectivity index (χ2n) is 8.72. The summed E-state index contributed by atoms with van der Waals surface area (Å²) >= 11 is 12.7. The van der Waals surface area contributed by atoms with Gasteiger partial charge in [-0.15, -0.1) is 0 Å². The number of Topliss-reactive ketones (excluding diaryl/α,β-unsaturated/α-hetero) is 2. The van der Waals surface area contributed by atoms with E-state index in [-0.39, 0.29) is 17.0 Å². The predicted octanol–water partition coefficient (Wildman–Crippen LogP) is 5.93. The Morgan fingerprint density at radius 2 is 1.69 bits per heavy atom. The first kappa shape index (κ1) is 18.7. The van der Waals surface area contributed by atoms with Crippen LogP contribution in [0.3, 0.4) is 0 Å². The molecule has 146 valence electrons. The van der Waals surface area contributed by atoms with Crippen molar-refractivity contribution in [2.45, 2.75) is 32.6 Å². The van der Waals surface area contributed by atoms with Crippen LogP contribution in [0.2, 0.25) is 10.0 Å². The molecule has 5 heteroatoms. The Bertz CT molecular complexity index is 1170. The SMILES string of the molecule is CC1(C)CC(=O)C2=C(C1)NC1=C(C(=O)c3ccccc31)[C@H]2c1ccc(Cl)cc1Cl. The average molecular weight is 424 g/mol. The summed E-state index contributed by atoms with van der Waals surface area (Å²) < 4.78 is 0. The smallest absolute Gasteiger partial charge is 0.192 e. The minimum Gasteiger partial charge on any atom is -0.358 e. The molecule has 1 atom stereocenters. The molecule has 0 saturated carbocycles. The summed E-state index contributed by atoms with van der Waals surface area (Å²) in [5, 5.41) is 4.45. The van der Waals surface area contributed by atoms with Crippen molar-refractivity contribution in [3.8, 4) is 0 Å². The number of carbonyl (C=O) groups excluding carboxylic acids is 2. The summed E-state index contributed by atoms with van der Waals surface area (Å²) in [5.74, 6) is -0.479. The highest BCUT2D eigenvalue weighted by Gasteiger charge is 2.46. The minimum absolute atomic E-state index is 0.0525. The lowest BCUT2D eigenvalue weighted by molar-refractivity contribution is -0.118. The third-order valence-corrected chi connectivity index (χ3v) is 6.56. The van der Waals surface area contributed by atoms with Gasteiger partial charge in [-0.25, -0.2) is 0 Å². The molecule has 0 aromatic heterocycles. The van der Waals surface area contributed by atoms with Gasteiger partial charge in [-0.05, 0) is 29.5 Å². The van der Waals surface area contributed by atoms with Crippen molar-refractivity contribution >= 4 is 40.5 Å². The van der Waals surface area contributed by atoms with Crippen LogP contribution in [0, 0.1) is 5.41 Å². The summed E-state index contributed by atoms with van der Waals surface area (Å²) in [6.07, 6.45) is 1.18. The first-order valence-electron chi connectivity index (χ1n) is 9.63. The molecular formula is C24H19Cl2NO2. The van der Waals surface area contributed by atoms with Gasteiger partial charge in [0.2, 0.25) is 0 Å². The van der Waals surface area contributed by atoms with E-state index in [9.17, 15) is 9.59 Å². The molecule has 0 fully saturated rings. The first-order valence-corrected chi connectivity index (χ1v) is 10.4. The van der Waals surface area contributed by atoms with E-state index in [1.54, 1.807) is 12.1 Å². The standard InChI is InChI=1S/C24H19Cl2NO2/c1-24(2)10-17-20(18(28)11-24)19(15-8-7-12(25)9-16(15)26)21-22(27-17)13-5-3-4-6-14(13)23(21)29/h3-9,19,27H,10-11H2,1-2H3/t19-/m0/s1. The molecule has 0 spiro atoms. The number of hydrogen-bond acceptors (Lipinski definition) is 3. The van der Waals surface area contributed by atoms with Crippen LogP contribution in [0.1, 0.15) is 54.1 Å². The zero-order valence-corrected chi connectivity index (χ0v) is 17.6. The second-order valence-corrected chi connectivity index (χ2v) is 9.56. The molecule has 0 unspecified atom stereocenters. The van der Waals surface area contributed by atoms with E-state index in [1.807, 2.05) is 30.3 Å². The number of allylic oxidation sites excluding steroid dienone is 3. The van der Waals surface area contributed by atoms with Gasteiger partial charge in [0.25, 0.3) is 0 Å². The Labute approximate surface area is 179 Å². The van der Waals surface area contributed by atoms with Gasteiger partial charge in [-0.2, -0.15) is 0 Å². The van der Waals surface area contributed by atoms with Gasteiger partial charge < -0.3 is 5.32 Å². The van der Waals surface area contributed by atoms with Crippen molar-refractivity contribution in [3.63, 3.8) is 0 Å². The highest BCUT2D eigenvalue weighted by molar-refractivity contribution is 6.35. The van der Waals surface area contributed by atoms with E-state index in [4.69, 9.17) is 23.2 Å². The number of hydrogen-bond donors (Lipinski definition) is 1. The van der Waals surface area contributed by atoms with E-state index < -0.39 is 5.92 Å². The van der Waals surface area contributed by atoms with Gasteiger partial charge in [0.1, 0.15) is 0 Å². The topological polar surface area (TPSA) is 46.2 Å². The zero-order valence-electron chi connectivity index (χ0n) is 16.1. The lowest BCUT2D eigenvalue weighted by Gasteiger charge is -2.39. The van der Waals surface area contributed by atoms with Crippen LogP contribution < -0.4 is 5.32 Å². The van der Waals surface area contributed by atoms with Crippen LogP contribution in [0.15, 0.2) is 59.3 Å². The Kier molecular flexibility index (Phi) is 4.06. The largest absolute Gasteiger partial charge is 0.358 e. The number of halogens is 2. The van der Waals surface area contributed by atoms with Crippen LogP contribution in [-0.4, -0.2) is 11.6 Å². The molecule has 0 saturated heterocycles. The molecule has 2 aromatic rings. The van der Waals surface area contributed by atoms with Crippen molar-refractivity contribution in [3.05, 3.63) is 86.0 Å². The van der Waals surface area contributed by atoms with Gasteiger partial charge in [0.15, 0.2) is 11.6 Å². The number of rotatable bonds is 1. The summed E-state index contributed by atoms with van der Waals surface area (Å²) in [7, 11) is 0. The van der Waals surface area contributed by atoms with Gasteiger partial charge in [-0.3, -0.25) is 9.59 Å². The van der Waals surface area contributed by atoms with Crippen molar-refractivity contribution in [1.29, 1.82) is 0 Å². The fraction of sp³-hybridized carbons (Fsp3) is 0.250. The maximum Gasteiger partial charge on any atom is 0.192 e. The maximum absolute atomic E-state index is 13.4. The van der Waals surface area contributed by atoms with Crippen molar-refractivity contribution in [2.24, 2.45) is 5.41 Å². The lowest BCUT2D eigenvalue weighted by atomic mass is 9.68. The number of nitrogens with one attached hydrogen (secondary N) is 1. The third-order valence-electron chi connectivity index (χ3n) is 6.00. The summed E-state index contributed by atoms with van der Waals surface area (Å²) in [6.45, 7) is 4.19. The molecule has 3 nitrogen and oxygen atoms in total. The molecule has 29 heavy (non-hydrogen) atoms. The molecular weight excluding hydrogens is 405 g/mol. The van der Waals surface area contributed by atoms with Crippen LogP contribution >= 0.6 is 23.2 Å². The van der Waals surface area contributed by atoms with Crippen LogP contribution in [-0.2, 0) is 4.79 Å². The number of dihydropyridines is 1. The molecule has 3 aliphatic rings. The minimum atomic E-state index is -0.491. The van der Waals surface area contributed by atoms with E-state index in [1.165, 1.54) is 0 Å². The number of fused-ring (bicyclic) bond motifs is 2. The maximum atomic E-state index is 13.4. The Morgan fingerprint density at radius 3 is 2.41 bits per heavy atom. The molecule has 1 aliphatic heterocycles. The summed E-state index contributed by atoms with van der Waals surface area (Å²) in [4.78, 5) is 26.7. The number of ketones is 2. The van der Waals surface area contributed by atoms with Crippen molar-refractivity contribution < 1.29 is 9.59 Å². The van der Waals surface area contributed by atoms with Crippen LogP contribution in [0.4, 0.5) is 0 Å². The molecule has 2 aromatic carbocycles. The molecule has 0 amide bonds. The highest BCUT2D eigenvalue weighted by Crippen LogP contribution is 2.52. The van der Waals surface area contributed by atoms with E-state index >= 15 is 0 Å². The normalized spacial score (nSPS) is 22.3. The highest BCUT2D eigenvalue weighted by atomic mass is 35.5. The molecule has 1 heterocycles. The number of benzene rings is 2. The molecule has 0 bridgehead atoms. The monoisotopic (exact) mass is 423 g/mol. The molecule has 0 radical (unpaired) electrons. The van der Waals surface area contributed by atoms with Crippen LogP contribution in [0.5, 0.6) is 0 Å². The lowest BCUT2D eigenvalue weighted by Crippen LogP contribution is -2.37. The van der Waals surface area contributed by atoms with Gasteiger partial charge in [-0.1, -0.05) is 67.4 Å². The quantitative estimate of drug-likeness (QED) is 0.617. The Balaban J connectivity index is 1.78. The Hall–Kier alpha value is -2.36. The average Bonchev–Trinajstić information content (AvgIpc) is 2.92. The third kappa shape index (κ3) is 2.79. The van der Waals surface area contributed by atoms with Gasteiger partial charge >= 0.3 is 0 Å². The van der Waals surface area contributed by atoms with Crippen molar-refractivity contribution in [1.82, 2.24) is 5.32 Å². The fourth-order valence-corrected chi connectivity index (χ4v) is 5.35. The zero-order chi connectivity index (χ0) is 20.5. The first-order chi connectivity index (χ1) is 13.8. The van der Waals surface area contributed by atoms with Gasteiger partial charge in [0, 0.05) is 50.4 Å². The molecule has 5 rings (SSSR count). The Morgan fingerprint density at radius 1 is 0.966 bits per heavy atom. The van der Waals surface area contributed by atoms with E-state index in [0.29, 0.717) is 33.2 Å². The molecule has 2 aliphatic carbocycles. The number of carbonyl (C=O) groups is 2. The fourth-order valence-electron chi connectivity index (χ4n) is 4.84. The molecule has 1 N–H and O–H groups in total. The van der Waals surface area contributed by atoms with Gasteiger partial charge in [0.05, 0.1) is 5.70 Å². The van der Waals surface area contributed by atoms with Crippen LogP contribution in [0.25, 0.3) is 5.70 Å².